The molecular weight excluding hydrogens is 370 g/mol. The Balaban J connectivity index is 2.61. The molecule has 0 aliphatic carbocycles. The zero-order valence-electron chi connectivity index (χ0n) is 9.92. The summed E-state index contributed by atoms with van der Waals surface area (Å²) in [7, 11) is 0. The Morgan fingerprint density at radius 2 is 1.63 bits per heavy atom. The van der Waals surface area contributed by atoms with Gasteiger partial charge in [0.15, 0.2) is 0 Å². The molecule has 1 atom stereocenters. The molecule has 0 aromatic heterocycles. The molecule has 2 aromatic rings. The lowest BCUT2D eigenvalue weighted by Gasteiger charge is -2.27. The summed E-state index contributed by atoms with van der Waals surface area (Å²) in [6.07, 6.45) is 0. The molecular formula is C14H10BrCl3O. The van der Waals surface area contributed by atoms with Gasteiger partial charge in [0.25, 0.3) is 0 Å². The van der Waals surface area contributed by atoms with Gasteiger partial charge in [0.05, 0.1) is 0 Å². The van der Waals surface area contributed by atoms with Crippen LogP contribution in [0.4, 0.5) is 0 Å². The minimum absolute atomic E-state index is 0.438. The van der Waals surface area contributed by atoms with Crippen LogP contribution in [0, 0.1) is 0 Å². The topological polar surface area (TPSA) is 20.2 Å². The Hall–Kier alpha value is -0.250. The van der Waals surface area contributed by atoms with Crippen LogP contribution in [-0.2, 0) is 5.60 Å². The van der Waals surface area contributed by atoms with Crippen molar-refractivity contribution < 1.29 is 5.11 Å². The minimum Gasteiger partial charge on any atom is -0.381 e. The van der Waals surface area contributed by atoms with E-state index in [1.54, 1.807) is 37.3 Å². The van der Waals surface area contributed by atoms with Crippen molar-refractivity contribution in [1.82, 2.24) is 0 Å². The van der Waals surface area contributed by atoms with Gasteiger partial charge in [-0.05, 0) is 37.3 Å². The lowest BCUT2D eigenvalue weighted by molar-refractivity contribution is 0.102. The van der Waals surface area contributed by atoms with Crippen LogP contribution in [0.1, 0.15) is 18.1 Å². The first-order valence-electron chi connectivity index (χ1n) is 5.46. The molecule has 0 fully saturated rings. The van der Waals surface area contributed by atoms with Crippen LogP contribution < -0.4 is 0 Å². The maximum absolute atomic E-state index is 10.8. The van der Waals surface area contributed by atoms with E-state index in [2.05, 4.69) is 15.9 Å². The maximum Gasteiger partial charge on any atom is 0.115 e. The van der Waals surface area contributed by atoms with Gasteiger partial charge >= 0.3 is 0 Å². The molecule has 100 valence electrons. The normalized spacial score (nSPS) is 14.2. The van der Waals surface area contributed by atoms with E-state index in [9.17, 15) is 5.11 Å². The number of aliphatic hydroxyl groups is 1. The van der Waals surface area contributed by atoms with E-state index in [0.717, 1.165) is 4.47 Å². The summed E-state index contributed by atoms with van der Waals surface area (Å²) in [5.74, 6) is 0. The highest BCUT2D eigenvalue weighted by Crippen LogP contribution is 2.39. The molecule has 5 heteroatoms. The summed E-state index contributed by atoms with van der Waals surface area (Å²) in [5, 5.41) is 12.2. The minimum atomic E-state index is -1.32. The van der Waals surface area contributed by atoms with Crippen molar-refractivity contribution in [2.45, 2.75) is 12.5 Å². The van der Waals surface area contributed by atoms with Crippen LogP contribution in [0.2, 0.25) is 15.1 Å². The lowest BCUT2D eigenvalue weighted by atomic mass is 9.88. The third kappa shape index (κ3) is 3.09. The first-order valence-corrected chi connectivity index (χ1v) is 7.38. The van der Waals surface area contributed by atoms with Gasteiger partial charge in [-0.3, -0.25) is 0 Å². The van der Waals surface area contributed by atoms with Gasteiger partial charge in [-0.2, -0.15) is 0 Å². The first-order chi connectivity index (χ1) is 8.82. The van der Waals surface area contributed by atoms with Crippen molar-refractivity contribution in [3.05, 3.63) is 67.1 Å². The number of benzene rings is 2. The van der Waals surface area contributed by atoms with Crippen LogP contribution in [0.15, 0.2) is 40.9 Å². The standard InChI is InChI=1S/C14H10BrCl3O/c1-14(19,10-4-2-8(15)6-13(10)18)11-7-9(16)3-5-12(11)17/h2-7,19H,1H3. The molecule has 0 aliphatic heterocycles. The van der Waals surface area contributed by atoms with Crippen LogP contribution in [0.25, 0.3) is 0 Å². The van der Waals surface area contributed by atoms with Gasteiger partial charge in [0, 0.05) is 30.7 Å². The Bertz CT molecular complexity index is 626. The number of hydrogen-bond acceptors (Lipinski definition) is 1. The van der Waals surface area contributed by atoms with Crippen molar-refractivity contribution >= 4 is 50.7 Å². The number of hydrogen-bond donors (Lipinski definition) is 1. The van der Waals surface area contributed by atoms with Crippen molar-refractivity contribution in [3.8, 4) is 0 Å². The SMILES string of the molecule is CC(O)(c1ccc(Br)cc1Cl)c1cc(Cl)ccc1Cl. The first kappa shape index (κ1) is 15.1. The third-order valence-electron chi connectivity index (χ3n) is 2.91. The monoisotopic (exact) mass is 378 g/mol. The quantitative estimate of drug-likeness (QED) is 0.712. The predicted octanol–water partition coefficient (Wildman–Crippen LogP) is 5.67. The average molecular weight is 380 g/mol. The molecule has 0 saturated heterocycles. The Morgan fingerprint density at radius 3 is 2.26 bits per heavy atom. The van der Waals surface area contributed by atoms with Crippen LogP contribution >= 0.6 is 50.7 Å². The Morgan fingerprint density at radius 1 is 0.947 bits per heavy atom. The van der Waals surface area contributed by atoms with E-state index in [-0.39, 0.29) is 0 Å². The smallest absolute Gasteiger partial charge is 0.115 e. The van der Waals surface area contributed by atoms with Crippen molar-refractivity contribution in [1.29, 1.82) is 0 Å². The fourth-order valence-electron chi connectivity index (χ4n) is 1.90. The molecule has 2 rings (SSSR count). The zero-order valence-corrected chi connectivity index (χ0v) is 13.8. The van der Waals surface area contributed by atoms with E-state index < -0.39 is 5.60 Å². The zero-order chi connectivity index (χ0) is 14.2. The van der Waals surface area contributed by atoms with Crippen LogP contribution in [-0.4, -0.2) is 5.11 Å². The Kier molecular flexibility index (Phi) is 4.49. The summed E-state index contributed by atoms with van der Waals surface area (Å²) in [5.41, 5.74) is -0.229. The molecule has 0 radical (unpaired) electrons. The summed E-state index contributed by atoms with van der Waals surface area (Å²) >= 11 is 21.6. The van der Waals surface area contributed by atoms with Crippen LogP contribution in [0.3, 0.4) is 0 Å². The summed E-state index contributed by atoms with van der Waals surface area (Å²) in [6.45, 7) is 1.64. The van der Waals surface area contributed by atoms with Gasteiger partial charge < -0.3 is 5.11 Å². The average Bonchev–Trinajstić information content (AvgIpc) is 2.31. The van der Waals surface area contributed by atoms with Gasteiger partial charge in [0.1, 0.15) is 5.60 Å². The highest BCUT2D eigenvalue weighted by Gasteiger charge is 2.30. The predicted molar refractivity (Wildman–Crippen MR) is 84.3 cm³/mol. The summed E-state index contributed by atoms with van der Waals surface area (Å²) in [6, 6.07) is 10.3. The third-order valence-corrected chi connectivity index (χ3v) is 4.28. The molecule has 1 unspecified atom stereocenters. The lowest BCUT2D eigenvalue weighted by Crippen LogP contribution is -2.23. The Labute approximate surface area is 135 Å². The number of halogens is 4. The molecule has 19 heavy (non-hydrogen) atoms. The molecule has 2 aromatic carbocycles. The largest absolute Gasteiger partial charge is 0.381 e. The maximum atomic E-state index is 10.8. The second-order valence-corrected chi connectivity index (χ2v) is 6.49. The molecule has 1 N–H and O–H groups in total. The van der Waals surface area contributed by atoms with E-state index in [1.807, 2.05) is 6.07 Å². The van der Waals surface area contributed by atoms with Gasteiger partial charge in [0.2, 0.25) is 0 Å². The highest BCUT2D eigenvalue weighted by atomic mass is 79.9. The van der Waals surface area contributed by atoms with E-state index >= 15 is 0 Å². The van der Waals surface area contributed by atoms with Gasteiger partial charge in [-0.25, -0.2) is 0 Å². The highest BCUT2D eigenvalue weighted by molar-refractivity contribution is 9.10. The van der Waals surface area contributed by atoms with E-state index in [1.165, 1.54) is 0 Å². The van der Waals surface area contributed by atoms with Crippen molar-refractivity contribution in [2.75, 3.05) is 0 Å². The molecule has 0 aliphatic rings. The molecule has 0 amide bonds. The molecule has 0 heterocycles. The number of rotatable bonds is 2. The van der Waals surface area contributed by atoms with Crippen molar-refractivity contribution in [2.24, 2.45) is 0 Å². The van der Waals surface area contributed by atoms with Gasteiger partial charge in [-0.1, -0.05) is 56.8 Å². The fraction of sp³-hybridized carbons (Fsp3) is 0.143. The molecule has 0 spiro atoms. The summed E-state index contributed by atoms with van der Waals surface area (Å²) < 4.78 is 0.842. The fourth-order valence-corrected chi connectivity index (χ4v) is 3.23. The second kappa shape index (κ2) is 5.63. The van der Waals surface area contributed by atoms with Crippen molar-refractivity contribution in [3.63, 3.8) is 0 Å². The van der Waals surface area contributed by atoms with Gasteiger partial charge in [-0.15, -0.1) is 0 Å². The molecule has 0 saturated carbocycles. The second-order valence-electron chi connectivity index (χ2n) is 4.32. The van der Waals surface area contributed by atoms with E-state index in [4.69, 9.17) is 34.8 Å². The molecule has 1 nitrogen and oxygen atoms in total. The van der Waals surface area contributed by atoms with E-state index in [0.29, 0.717) is 26.2 Å². The van der Waals surface area contributed by atoms with Crippen LogP contribution in [0.5, 0.6) is 0 Å². The molecule has 0 bridgehead atoms. The summed E-state index contributed by atoms with van der Waals surface area (Å²) in [4.78, 5) is 0.